The number of carbonyl (C=O) groups excluding carboxylic acids is 1. The van der Waals surface area contributed by atoms with Gasteiger partial charge in [-0.3, -0.25) is 9.59 Å². The van der Waals surface area contributed by atoms with Crippen LogP contribution in [0.25, 0.3) is 0 Å². The van der Waals surface area contributed by atoms with Gasteiger partial charge in [0.2, 0.25) is 5.91 Å². The summed E-state index contributed by atoms with van der Waals surface area (Å²) in [7, 11) is 0. The lowest BCUT2D eigenvalue weighted by Gasteiger charge is -2.28. The topological polar surface area (TPSA) is 69.6 Å². The minimum Gasteiger partial charge on any atom is -0.481 e. The van der Waals surface area contributed by atoms with Crippen LogP contribution < -0.4 is 5.32 Å². The van der Waals surface area contributed by atoms with E-state index >= 15 is 0 Å². The third-order valence-corrected chi connectivity index (χ3v) is 4.62. The van der Waals surface area contributed by atoms with Crippen LogP contribution in [0.4, 0.5) is 0 Å². The number of hydrogen-bond acceptors (Lipinski definition) is 3. The van der Waals surface area contributed by atoms with Crippen molar-refractivity contribution in [2.24, 2.45) is 11.8 Å². The minimum atomic E-state index is -0.714. The first-order valence-corrected chi connectivity index (χ1v) is 7.89. The van der Waals surface area contributed by atoms with Crippen molar-refractivity contribution in [1.29, 1.82) is 0 Å². The van der Waals surface area contributed by atoms with Crippen molar-refractivity contribution >= 4 is 11.9 Å². The summed E-state index contributed by atoms with van der Waals surface area (Å²) in [6.45, 7) is 3.97. The number of nitrogens with zero attached hydrogens (tertiary/aromatic N) is 1. The molecule has 0 bridgehead atoms. The van der Waals surface area contributed by atoms with Crippen molar-refractivity contribution in [3.05, 3.63) is 0 Å². The molecule has 1 aliphatic heterocycles. The number of amides is 1. The Morgan fingerprint density at radius 3 is 2.20 bits per heavy atom. The largest absolute Gasteiger partial charge is 0.481 e. The van der Waals surface area contributed by atoms with Crippen LogP contribution in [0, 0.1) is 11.8 Å². The quantitative estimate of drug-likeness (QED) is 0.801. The van der Waals surface area contributed by atoms with Crippen molar-refractivity contribution in [2.45, 2.75) is 44.9 Å². The monoisotopic (exact) mass is 282 g/mol. The lowest BCUT2D eigenvalue weighted by atomic mass is 9.81. The summed E-state index contributed by atoms with van der Waals surface area (Å²) >= 11 is 0. The third kappa shape index (κ3) is 4.47. The normalized spacial score (nSPS) is 28.0. The predicted octanol–water partition coefficient (Wildman–Crippen LogP) is 1.48. The molecule has 1 heterocycles. The first-order chi connectivity index (χ1) is 9.66. The molecule has 114 valence electrons. The number of carboxylic acid groups (broad SMARTS) is 1. The summed E-state index contributed by atoms with van der Waals surface area (Å²) in [6, 6.07) is 0. The number of likely N-dealkylation sites (tertiary alicyclic amines) is 1. The first-order valence-electron chi connectivity index (χ1n) is 7.89. The van der Waals surface area contributed by atoms with E-state index in [2.05, 4.69) is 10.2 Å². The van der Waals surface area contributed by atoms with Crippen LogP contribution in [0.5, 0.6) is 0 Å². The zero-order valence-corrected chi connectivity index (χ0v) is 12.1. The van der Waals surface area contributed by atoms with Gasteiger partial charge in [0.25, 0.3) is 0 Å². The molecule has 0 aromatic rings. The molecule has 2 rings (SSSR count). The van der Waals surface area contributed by atoms with E-state index in [-0.39, 0.29) is 17.7 Å². The number of rotatable bonds is 5. The van der Waals surface area contributed by atoms with Crippen LogP contribution in [-0.4, -0.2) is 48.1 Å². The number of carboxylic acids is 1. The molecule has 1 saturated heterocycles. The Labute approximate surface area is 120 Å². The highest BCUT2D eigenvalue weighted by molar-refractivity contribution is 5.79. The highest BCUT2D eigenvalue weighted by atomic mass is 16.4. The van der Waals surface area contributed by atoms with Gasteiger partial charge in [0.05, 0.1) is 5.92 Å². The zero-order valence-electron chi connectivity index (χ0n) is 12.1. The van der Waals surface area contributed by atoms with Gasteiger partial charge in [-0.2, -0.15) is 0 Å². The summed E-state index contributed by atoms with van der Waals surface area (Å²) in [5.41, 5.74) is 0. The van der Waals surface area contributed by atoms with Gasteiger partial charge in [0.15, 0.2) is 0 Å². The van der Waals surface area contributed by atoms with Crippen LogP contribution >= 0.6 is 0 Å². The Morgan fingerprint density at radius 1 is 1.00 bits per heavy atom. The van der Waals surface area contributed by atoms with Crippen molar-refractivity contribution in [1.82, 2.24) is 10.2 Å². The second-order valence-corrected chi connectivity index (χ2v) is 6.08. The van der Waals surface area contributed by atoms with Crippen molar-refractivity contribution in [3.8, 4) is 0 Å². The third-order valence-electron chi connectivity index (χ3n) is 4.62. The summed E-state index contributed by atoms with van der Waals surface area (Å²) < 4.78 is 0. The van der Waals surface area contributed by atoms with Crippen molar-refractivity contribution in [3.63, 3.8) is 0 Å². The number of nitrogens with one attached hydrogen (secondary N) is 1. The maximum absolute atomic E-state index is 12.0. The molecular formula is C15H26N2O3. The van der Waals surface area contributed by atoms with E-state index in [0.717, 1.165) is 26.2 Å². The van der Waals surface area contributed by atoms with E-state index in [0.29, 0.717) is 25.7 Å². The summed E-state index contributed by atoms with van der Waals surface area (Å²) in [5, 5.41) is 12.0. The zero-order chi connectivity index (χ0) is 14.4. The van der Waals surface area contributed by atoms with Crippen molar-refractivity contribution in [2.75, 3.05) is 26.2 Å². The molecule has 0 aromatic heterocycles. The van der Waals surface area contributed by atoms with Gasteiger partial charge in [0.1, 0.15) is 0 Å². The molecule has 1 saturated carbocycles. The van der Waals surface area contributed by atoms with E-state index in [1.807, 2.05) is 0 Å². The Hall–Kier alpha value is -1.10. The van der Waals surface area contributed by atoms with E-state index < -0.39 is 5.97 Å². The Kier molecular flexibility index (Phi) is 5.83. The fourth-order valence-corrected chi connectivity index (χ4v) is 3.27. The standard InChI is InChI=1S/C15H26N2O3/c18-14(12-4-6-13(7-5-12)15(19)20)16-8-11-17-9-2-1-3-10-17/h12-13H,1-11H2,(H,16,18)(H,19,20). The van der Waals surface area contributed by atoms with Crippen LogP contribution in [0.15, 0.2) is 0 Å². The molecule has 0 atom stereocenters. The van der Waals surface area contributed by atoms with Crippen LogP contribution in [-0.2, 0) is 9.59 Å². The molecule has 0 spiro atoms. The summed E-state index contributed by atoms with van der Waals surface area (Å²) in [4.78, 5) is 25.3. The molecule has 5 nitrogen and oxygen atoms in total. The van der Waals surface area contributed by atoms with Crippen LogP contribution in [0.1, 0.15) is 44.9 Å². The van der Waals surface area contributed by atoms with Crippen LogP contribution in [0.2, 0.25) is 0 Å². The first kappa shape index (κ1) is 15.3. The van der Waals surface area contributed by atoms with E-state index in [9.17, 15) is 9.59 Å². The fraction of sp³-hybridized carbons (Fsp3) is 0.867. The number of hydrogen-bond donors (Lipinski definition) is 2. The number of piperidine rings is 1. The highest BCUT2D eigenvalue weighted by Crippen LogP contribution is 2.28. The average Bonchev–Trinajstić information content (AvgIpc) is 2.48. The van der Waals surface area contributed by atoms with Gasteiger partial charge < -0.3 is 15.3 Å². The van der Waals surface area contributed by atoms with E-state index in [4.69, 9.17) is 5.11 Å². The second-order valence-electron chi connectivity index (χ2n) is 6.08. The minimum absolute atomic E-state index is 0.0203. The molecule has 5 heteroatoms. The van der Waals surface area contributed by atoms with Crippen LogP contribution in [0.3, 0.4) is 0 Å². The predicted molar refractivity (Wildman–Crippen MR) is 76.4 cm³/mol. The maximum Gasteiger partial charge on any atom is 0.306 e. The van der Waals surface area contributed by atoms with Gasteiger partial charge in [-0.05, 0) is 51.6 Å². The van der Waals surface area contributed by atoms with Gasteiger partial charge >= 0.3 is 5.97 Å². The number of carbonyl (C=O) groups is 2. The van der Waals surface area contributed by atoms with Gasteiger partial charge in [-0.1, -0.05) is 6.42 Å². The fourth-order valence-electron chi connectivity index (χ4n) is 3.27. The molecule has 1 amide bonds. The molecule has 2 aliphatic rings. The highest BCUT2D eigenvalue weighted by Gasteiger charge is 2.29. The molecule has 0 unspecified atom stereocenters. The molecule has 2 N–H and O–H groups in total. The van der Waals surface area contributed by atoms with Crippen molar-refractivity contribution < 1.29 is 14.7 Å². The Bertz CT molecular complexity index is 332. The summed E-state index contributed by atoms with van der Waals surface area (Å²) in [5.74, 6) is -0.820. The van der Waals surface area contributed by atoms with E-state index in [1.54, 1.807) is 0 Å². The smallest absolute Gasteiger partial charge is 0.306 e. The Balaban J connectivity index is 1.61. The number of aliphatic carboxylic acids is 1. The lowest BCUT2D eigenvalue weighted by molar-refractivity contribution is -0.144. The molecule has 20 heavy (non-hydrogen) atoms. The lowest BCUT2D eigenvalue weighted by Crippen LogP contribution is -2.40. The summed E-state index contributed by atoms with van der Waals surface area (Å²) in [6.07, 6.45) is 6.58. The molecule has 0 radical (unpaired) electrons. The molecule has 1 aliphatic carbocycles. The second kappa shape index (κ2) is 7.62. The van der Waals surface area contributed by atoms with Gasteiger partial charge in [-0.15, -0.1) is 0 Å². The van der Waals surface area contributed by atoms with E-state index in [1.165, 1.54) is 19.3 Å². The average molecular weight is 282 g/mol. The molecule has 0 aromatic carbocycles. The SMILES string of the molecule is O=C(O)C1CCC(C(=O)NCCN2CCCCC2)CC1. The molecular weight excluding hydrogens is 256 g/mol. The molecule has 2 fully saturated rings. The van der Waals surface area contributed by atoms with Gasteiger partial charge in [0, 0.05) is 19.0 Å². The Morgan fingerprint density at radius 2 is 1.60 bits per heavy atom. The van der Waals surface area contributed by atoms with Gasteiger partial charge in [-0.25, -0.2) is 0 Å². The maximum atomic E-state index is 12.0.